The standard InChI is InChI=1S/CF3NS.Li.H/c2-1(3,4)5-6;;/q;+1;-1. The minimum Gasteiger partial charge on any atom is -1.00 e. The Hall–Kier alpha value is 0.407. The van der Waals surface area contributed by atoms with Crippen molar-refractivity contribution in [2.45, 2.75) is 6.30 Å². The number of alkyl halides is 3. The van der Waals surface area contributed by atoms with Gasteiger partial charge in [0, 0.05) is 12.4 Å². The molecule has 38 valence electrons. The first-order chi connectivity index (χ1) is 2.56. The first-order valence-corrected chi connectivity index (χ1v) is 1.34. The Balaban J connectivity index is -0.000000125. The Morgan fingerprint density at radius 3 is 1.57 bits per heavy atom. The molecule has 0 aromatic heterocycles. The van der Waals surface area contributed by atoms with Gasteiger partial charge in [0.2, 0.25) is 0 Å². The molecule has 0 atom stereocenters. The van der Waals surface area contributed by atoms with Crippen LogP contribution in [0.5, 0.6) is 0 Å². The molecule has 0 saturated heterocycles. The topological polar surface area (TPSA) is 12.4 Å². The molecule has 1 nitrogen and oxygen atoms in total. The predicted octanol–water partition coefficient (Wildman–Crippen LogP) is -1.65. The Morgan fingerprint density at radius 1 is 1.43 bits per heavy atom. The SMILES string of the molecule is FC(F)(F)N=S.[H-].[Li+]. The summed E-state index contributed by atoms with van der Waals surface area (Å²) in [5, 5.41) is 0. The van der Waals surface area contributed by atoms with Crippen LogP contribution >= 0.6 is 0 Å². The fraction of sp³-hybridized carbons (Fsp3) is 1.00. The van der Waals surface area contributed by atoms with Gasteiger partial charge in [-0.3, -0.25) is 0 Å². The van der Waals surface area contributed by atoms with Gasteiger partial charge in [-0.25, -0.2) is 0 Å². The molecule has 7 heavy (non-hydrogen) atoms. The molecule has 0 spiro atoms. The van der Waals surface area contributed by atoms with Gasteiger partial charge >= 0.3 is 25.2 Å². The van der Waals surface area contributed by atoms with Crippen LogP contribution in [0.1, 0.15) is 1.43 Å². The number of rotatable bonds is 0. The summed E-state index contributed by atoms with van der Waals surface area (Å²) in [6, 6.07) is 0. The fourth-order valence-corrected chi connectivity index (χ4v) is 0. The normalized spacial score (nSPS) is 9.57. The number of halogens is 3. The maximum absolute atomic E-state index is 10.5. The fourth-order valence-electron chi connectivity index (χ4n) is 0. The van der Waals surface area contributed by atoms with Crippen LogP contribution < -0.4 is 18.9 Å². The maximum atomic E-state index is 10.5. The summed E-state index contributed by atoms with van der Waals surface area (Å²) in [4.78, 5) is 0. The third-order valence-electron chi connectivity index (χ3n) is 0.104. The molecular weight excluding hydrogens is 122 g/mol. The van der Waals surface area contributed by atoms with Gasteiger partial charge in [0.05, 0.1) is 0 Å². The molecule has 0 N–H and O–H groups in total. The third-order valence-corrected chi connectivity index (χ3v) is 0.311. The molecule has 0 rings (SSSR count). The van der Waals surface area contributed by atoms with Crippen LogP contribution in [0.25, 0.3) is 0 Å². The van der Waals surface area contributed by atoms with Crippen molar-refractivity contribution in [3.05, 3.63) is 0 Å². The summed E-state index contributed by atoms with van der Waals surface area (Å²) in [6.45, 7) is 0. The molecule has 0 unspecified atom stereocenters. The van der Waals surface area contributed by atoms with E-state index in [1.807, 2.05) is 0 Å². The Morgan fingerprint density at radius 2 is 1.57 bits per heavy atom. The number of nitrogens with zero attached hydrogens (tertiary/aromatic N) is 1. The van der Waals surface area contributed by atoms with E-state index >= 15 is 0 Å². The van der Waals surface area contributed by atoms with Gasteiger partial charge in [0.1, 0.15) is 0 Å². The largest absolute Gasteiger partial charge is 1.00 e. The zero-order valence-corrected chi connectivity index (χ0v) is 4.31. The van der Waals surface area contributed by atoms with Gasteiger partial charge in [-0.05, 0) is 0 Å². The van der Waals surface area contributed by atoms with Crippen molar-refractivity contribution in [2.75, 3.05) is 0 Å². The van der Waals surface area contributed by atoms with Gasteiger partial charge in [0.15, 0.2) is 0 Å². The van der Waals surface area contributed by atoms with Gasteiger partial charge in [-0.1, -0.05) is 0 Å². The maximum Gasteiger partial charge on any atom is 1.00 e. The smallest absolute Gasteiger partial charge is 1.00 e. The molecule has 0 aliphatic heterocycles. The van der Waals surface area contributed by atoms with Crippen LogP contribution in [-0.2, 0) is 12.4 Å². The molecule has 0 aliphatic carbocycles. The second kappa shape index (κ2) is 3.41. The summed E-state index contributed by atoms with van der Waals surface area (Å²) in [7, 11) is 0. The van der Waals surface area contributed by atoms with Crippen molar-refractivity contribution in [2.24, 2.45) is 4.36 Å². The van der Waals surface area contributed by atoms with E-state index in [2.05, 4.69) is 12.4 Å². The van der Waals surface area contributed by atoms with Crippen LogP contribution in [0.4, 0.5) is 13.2 Å². The van der Waals surface area contributed by atoms with Crippen LogP contribution in [0.2, 0.25) is 0 Å². The zero-order chi connectivity index (χ0) is 5.21. The van der Waals surface area contributed by atoms with Gasteiger partial charge in [0.25, 0.3) is 0 Å². The van der Waals surface area contributed by atoms with E-state index in [4.69, 9.17) is 0 Å². The molecule has 0 fully saturated rings. The van der Waals surface area contributed by atoms with Crippen molar-refractivity contribution in [3.63, 3.8) is 0 Å². The molecule has 0 saturated carbocycles. The molecule has 0 aromatic rings. The summed E-state index contributed by atoms with van der Waals surface area (Å²) in [5.41, 5.74) is 0. The quantitative estimate of drug-likeness (QED) is 0.278. The van der Waals surface area contributed by atoms with Crippen LogP contribution in [0.3, 0.4) is 0 Å². The van der Waals surface area contributed by atoms with E-state index in [-0.39, 0.29) is 20.3 Å². The summed E-state index contributed by atoms with van der Waals surface area (Å²) in [5.74, 6) is 0. The first-order valence-electron chi connectivity index (χ1n) is 0.973. The van der Waals surface area contributed by atoms with E-state index < -0.39 is 6.30 Å². The molecule has 6 heteroatoms. The van der Waals surface area contributed by atoms with Gasteiger partial charge in [-0.15, -0.1) is 17.5 Å². The number of hydrogen-bond donors (Lipinski definition) is 0. The molecule has 0 aromatic carbocycles. The predicted molar refractivity (Wildman–Crippen MR) is 17.0 cm³/mol. The molecule has 0 amide bonds. The molecule has 0 heterocycles. The molecule has 0 aliphatic rings. The second-order valence-corrected chi connectivity index (χ2v) is 0.742. The Bertz CT molecular complexity index is 64.8. The van der Waals surface area contributed by atoms with Gasteiger partial charge in [-0.2, -0.15) is 0 Å². The number of hydrogen-bond acceptors (Lipinski definition) is 2. The third kappa shape index (κ3) is 10.7. The van der Waals surface area contributed by atoms with Crippen molar-refractivity contribution >= 4 is 12.4 Å². The van der Waals surface area contributed by atoms with Gasteiger partial charge < -0.3 is 1.43 Å². The minimum atomic E-state index is -4.52. The van der Waals surface area contributed by atoms with E-state index in [9.17, 15) is 13.2 Å². The second-order valence-electron chi connectivity index (χ2n) is 0.559. The van der Waals surface area contributed by atoms with E-state index in [1.165, 1.54) is 0 Å². The van der Waals surface area contributed by atoms with Crippen LogP contribution in [-0.4, -0.2) is 6.30 Å². The first kappa shape index (κ1) is 10.4. The molecule has 0 bridgehead atoms. The summed E-state index contributed by atoms with van der Waals surface area (Å²) < 4.78 is 33.1. The van der Waals surface area contributed by atoms with Crippen molar-refractivity contribution in [1.29, 1.82) is 0 Å². The van der Waals surface area contributed by atoms with E-state index in [0.717, 1.165) is 0 Å². The van der Waals surface area contributed by atoms with Crippen molar-refractivity contribution < 1.29 is 33.5 Å². The zero-order valence-electron chi connectivity index (χ0n) is 4.49. The Kier molecular flexibility index (Phi) is 5.07. The average Bonchev–Trinajstić information content (AvgIpc) is 1.35. The van der Waals surface area contributed by atoms with Crippen molar-refractivity contribution in [3.8, 4) is 0 Å². The average molecular weight is 123 g/mol. The monoisotopic (exact) mass is 123 g/mol. The summed E-state index contributed by atoms with van der Waals surface area (Å²) >= 11 is 3.29. The Labute approximate surface area is 57.1 Å². The van der Waals surface area contributed by atoms with E-state index in [0.29, 0.717) is 0 Å². The minimum absolute atomic E-state index is 0. The van der Waals surface area contributed by atoms with E-state index in [1.54, 1.807) is 4.36 Å². The van der Waals surface area contributed by atoms with Crippen LogP contribution in [0, 0.1) is 0 Å². The summed E-state index contributed by atoms with van der Waals surface area (Å²) in [6.07, 6.45) is -4.52. The molecule has 0 radical (unpaired) electrons. The van der Waals surface area contributed by atoms with Crippen molar-refractivity contribution in [1.82, 2.24) is 0 Å². The molecular formula is CHF3LiNS. The van der Waals surface area contributed by atoms with Crippen LogP contribution in [0.15, 0.2) is 4.36 Å².